The molecule has 1 aromatic carbocycles. The molecule has 0 bridgehead atoms. The lowest BCUT2D eigenvalue weighted by Gasteiger charge is -2.22. The minimum absolute atomic E-state index is 0.130. The van der Waals surface area contributed by atoms with Gasteiger partial charge in [-0.2, -0.15) is 0 Å². The average molecular weight is 407 g/mol. The van der Waals surface area contributed by atoms with Crippen LogP contribution in [0.3, 0.4) is 0 Å². The highest BCUT2D eigenvalue weighted by Crippen LogP contribution is 2.29. The van der Waals surface area contributed by atoms with Gasteiger partial charge in [-0.25, -0.2) is 4.98 Å². The Morgan fingerprint density at radius 1 is 1.15 bits per heavy atom. The van der Waals surface area contributed by atoms with E-state index in [0.717, 1.165) is 25.9 Å². The number of anilines is 2. The summed E-state index contributed by atoms with van der Waals surface area (Å²) in [7, 11) is 1.58. The van der Waals surface area contributed by atoms with E-state index in [1.165, 1.54) is 4.90 Å². The average Bonchev–Trinajstić information content (AvgIpc) is 3.19. The number of carbonyl (C=O) groups is 2. The van der Waals surface area contributed by atoms with E-state index >= 15 is 0 Å². The maximum absolute atomic E-state index is 12.9. The second-order valence-corrected chi connectivity index (χ2v) is 7.19. The topological polar surface area (TPSA) is 65.5 Å². The SMILES string of the molecule is CN(CC(=O)Nc1c(Cl)cccc1Cl)C(=O)c1cccnc1N1CCCC1. The molecule has 142 valence electrons. The monoisotopic (exact) mass is 406 g/mol. The Balaban J connectivity index is 1.70. The maximum atomic E-state index is 12.9. The lowest BCUT2D eigenvalue weighted by Crippen LogP contribution is -2.36. The Kier molecular flexibility index (Phi) is 6.19. The number of nitrogens with one attached hydrogen (secondary N) is 1. The number of aromatic nitrogens is 1. The third-order valence-electron chi connectivity index (χ3n) is 4.38. The van der Waals surface area contributed by atoms with Crippen LogP contribution in [0.2, 0.25) is 10.0 Å². The lowest BCUT2D eigenvalue weighted by molar-refractivity contribution is -0.116. The number of benzene rings is 1. The first-order chi connectivity index (χ1) is 13.0. The normalized spacial score (nSPS) is 13.5. The lowest BCUT2D eigenvalue weighted by atomic mass is 10.2. The van der Waals surface area contributed by atoms with Gasteiger partial charge in [0.2, 0.25) is 5.91 Å². The number of hydrogen-bond acceptors (Lipinski definition) is 4. The van der Waals surface area contributed by atoms with Gasteiger partial charge in [0, 0.05) is 26.3 Å². The molecule has 8 heteroatoms. The largest absolute Gasteiger partial charge is 0.356 e. The van der Waals surface area contributed by atoms with Crippen molar-refractivity contribution >= 4 is 46.5 Å². The fourth-order valence-electron chi connectivity index (χ4n) is 3.03. The van der Waals surface area contributed by atoms with Gasteiger partial charge in [-0.1, -0.05) is 29.3 Å². The molecule has 0 atom stereocenters. The summed E-state index contributed by atoms with van der Waals surface area (Å²) in [5.41, 5.74) is 0.830. The molecule has 3 rings (SSSR count). The van der Waals surface area contributed by atoms with E-state index in [-0.39, 0.29) is 18.4 Å². The number of nitrogens with zero attached hydrogens (tertiary/aromatic N) is 3. The van der Waals surface area contributed by atoms with Gasteiger partial charge >= 0.3 is 0 Å². The van der Waals surface area contributed by atoms with Crippen molar-refractivity contribution in [3.63, 3.8) is 0 Å². The van der Waals surface area contributed by atoms with E-state index in [4.69, 9.17) is 23.2 Å². The standard InChI is InChI=1S/C19H20Cl2N4O2/c1-24(12-16(26)23-17-14(20)7-4-8-15(17)21)19(27)13-6-5-9-22-18(13)25-10-2-3-11-25/h4-9H,2-3,10-12H2,1H3,(H,23,26). The van der Waals surface area contributed by atoms with Crippen LogP contribution < -0.4 is 10.2 Å². The second kappa shape index (κ2) is 8.59. The predicted octanol–water partition coefficient (Wildman–Crippen LogP) is 3.70. The summed E-state index contributed by atoms with van der Waals surface area (Å²) in [6, 6.07) is 8.43. The van der Waals surface area contributed by atoms with Crippen LogP contribution >= 0.6 is 23.2 Å². The number of rotatable bonds is 5. The van der Waals surface area contributed by atoms with Crippen molar-refractivity contribution in [1.29, 1.82) is 0 Å². The van der Waals surface area contributed by atoms with E-state index in [0.29, 0.717) is 27.1 Å². The van der Waals surface area contributed by atoms with E-state index in [1.54, 1.807) is 43.6 Å². The molecule has 0 unspecified atom stereocenters. The molecule has 2 aromatic rings. The first kappa shape index (κ1) is 19.5. The molecular weight excluding hydrogens is 387 g/mol. The number of hydrogen-bond donors (Lipinski definition) is 1. The summed E-state index contributed by atoms with van der Waals surface area (Å²) in [5.74, 6) is 0.0271. The Morgan fingerprint density at radius 2 is 1.81 bits per heavy atom. The molecule has 1 aliphatic heterocycles. The van der Waals surface area contributed by atoms with E-state index in [1.807, 2.05) is 0 Å². The van der Waals surface area contributed by atoms with Crippen LogP contribution in [-0.4, -0.2) is 48.4 Å². The van der Waals surface area contributed by atoms with Gasteiger partial charge in [0.1, 0.15) is 5.82 Å². The zero-order chi connectivity index (χ0) is 19.4. The molecule has 0 radical (unpaired) electrons. The third kappa shape index (κ3) is 4.51. The molecule has 2 amide bonds. The number of likely N-dealkylation sites (N-methyl/N-ethyl adjacent to an activating group) is 1. The smallest absolute Gasteiger partial charge is 0.257 e. The fraction of sp³-hybridized carbons (Fsp3) is 0.316. The molecule has 1 saturated heterocycles. The molecule has 1 N–H and O–H groups in total. The van der Waals surface area contributed by atoms with E-state index in [9.17, 15) is 9.59 Å². The first-order valence-corrected chi connectivity index (χ1v) is 9.42. The highest BCUT2D eigenvalue weighted by Gasteiger charge is 2.23. The van der Waals surface area contributed by atoms with Gasteiger partial charge in [0.15, 0.2) is 0 Å². The summed E-state index contributed by atoms with van der Waals surface area (Å²) in [6.07, 6.45) is 3.85. The molecule has 6 nitrogen and oxygen atoms in total. The van der Waals surface area contributed by atoms with E-state index < -0.39 is 0 Å². The third-order valence-corrected chi connectivity index (χ3v) is 5.01. The summed E-state index contributed by atoms with van der Waals surface area (Å²) in [6.45, 7) is 1.63. The number of halogens is 2. The summed E-state index contributed by atoms with van der Waals surface area (Å²) < 4.78 is 0. The zero-order valence-corrected chi connectivity index (χ0v) is 16.4. The number of pyridine rings is 1. The van der Waals surface area contributed by atoms with Gasteiger partial charge < -0.3 is 15.1 Å². The molecule has 1 aliphatic rings. The summed E-state index contributed by atoms with van der Waals surface area (Å²) in [4.78, 5) is 33.1. The van der Waals surface area contributed by atoms with Crippen LogP contribution in [0.1, 0.15) is 23.2 Å². The molecule has 1 aromatic heterocycles. The van der Waals surface area contributed by atoms with Crippen LogP contribution in [0.4, 0.5) is 11.5 Å². The fourth-order valence-corrected chi connectivity index (χ4v) is 3.53. The quantitative estimate of drug-likeness (QED) is 0.821. The zero-order valence-electron chi connectivity index (χ0n) is 14.9. The highest BCUT2D eigenvalue weighted by molar-refractivity contribution is 6.39. The number of para-hydroxylation sites is 1. The van der Waals surface area contributed by atoms with Crippen LogP contribution in [0.25, 0.3) is 0 Å². The van der Waals surface area contributed by atoms with Gasteiger partial charge in [-0.05, 0) is 37.1 Å². The minimum Gasteiger partial charge on any atom is -0.356 e. The summed E-state index contributed by atoms with van der Waals surface area (Å²) >= 11 is 12.1. The van der Waals surface area contributed by atoms with Crippen LogP contribution in [0, 0.1) is 0 Å². The molecule has 2 heterocycles. The van der Waals surface area contributed by atoms with Crippen molar-refractivity contribution < 1.29 is 9.59 Å². The second-order valence-electron chi connectivity index (χ2n) is 6.37. The van der Waals surface area contributed by atoms with E-state index in [2.05, 4.69) is 15.2 Å². The van der Waals surface area contributed by atoms with Crippen LogP contribution in [-0.2, 0) is 4.79 Å². The van der Waals surface area contributed by atoms with Crippen molar-refractivity contribution in [2.75, 3.05) is 36.9 Å². The van der Waals surface area contributed by atoms with Crippen LogP contribution in [0.5, 0.6) is 0 Å². The number of amides is 2. The molecule has 0 saturated carbocycles. The van der Waals surface area contributed by atoms with Crippen molar-refractivity contribution in [2.24, 2.45) is 0 Å². The first-order valence-electron chi connectivity index (χ1n) is 8.66. The van der Waals surface area contributed by atoms with Gasteiger partial charge in [0.05, 0.1) is 27.8 Å². The number of carbonyl (C=O) groups excluding carboxylic acids is 2. The Morgan fingerprint density at radius 3 is 2.48 bits per heavy atom. The van der Waals surface area contributed by atoms with Crippen molar-refractivity contribution in [1.82, 2.24) is 9.88 Å². The van der Waals surface area contributed by atoms with Crippen molar-refractivity contribution in [2.45, 2.75) is 12.8 Å². The Bertz CT molecular complexity index is 833. The molecule has 1 fully saturated rings. The van der Waals surface area contributed by atoms with Crippen molar-refractivity contribution in [3.8, 4) is 0 Å². The Hall–Kier alpha value is -2.31. The summed E-state index contributed by atoms with van der Waals surface area (Å²) in [5, 5.41) is 3.34. The molecule has 0 aliphatic carbocycles. The minimum atomic E-state index is -0.382. The van der Waals surface area contributed by atoms with Gasteiger partial charge in [-0.3, -0.25) is 9.59 Å². The van der Waals surface area contributed by atoms with Crippen LogP contribution in [0.15, 0.2) is 36.5 Å². The molecule has 0 spiro atoms. The molecular formula is C19H20Cl2N4O2. The van der Waals surface area contributed by atoms with Gasteiger partial charge in [0.25, 0.3) is 5.91 Å². The predicted molar refractivity (Wildman–Crippen MR) is 108 cm³/mol. The van der Waals surface area contributed by atoms with Crippen molar-refractivity contribution in [3.05, 3.63) is 52.1 Å². The van der Waals surface area contributed by atoms with Gasteiger partial charge in [-0.15, -0.1) is 0 Å². The Labute approximate surface area is 168 Å². The maximum Gasteiger partial charge on any atom is 0.257 e. The highest BCUT2D eigenvalue weighted by atomic mass is 35.5. The molecule has 27 heavy (non-hydrogen) atoms.